The van der Waals surface area contributed by atoms with Crippen molar-refractivity contribution in [2.45, 2.75) is 32.7 Å². The molecule has 0 aromatic carbocycles. The number of rotatable bonds is 4. The van der Waals surface area contributed by atoms with Gasteiger partial charge in [0.05, 0.1) is 0 Å². The highest BCUT2D eigenvalue weighted by molar-refractivity contribution is 6.45. The Morgan fingerprint density at radius 2 is 2.00 bits per heavy atom. The second-order valence-corrected chi connectivity index (χ2v) is 3.30. The predicted molar refractivity (Wildman–Crippen MR) is 49.0 cm³/mol. The van der Waals surface area contributed by atoms with E-state index in [4.69, 9.17) is 5.11 Å². The third-order valence-electron chi connectivity index (χ3n) is 1.74. The summed E-state index contributed by atoms with van der Waals surface area (Å²) in [6, 6.07) is 0. The van der Waals surface area contributed by atoms with Gasteiger partial charge < -0.3 is 15.6 Å². The number of carboxylic acids is 1. The molecule has 0 saturated heterocycles. The minimum Gasteiger partial charge on any atom is -0.474 e. The molecule has 6 heteroatoms. The van der Waals surface area contributed by atoms with Gasteiger partial charge in [-0.2, -0.15) is 0 Å². The van der Waals surface area contributed by atoms with E-state index < -0.39 is 11.9 Å². The Bertz CT molecular complexity index is 206. The van der Waals surface area contributed by atoms with Gasteiger partial charge in [0.2, 0.25) is 0 Å². The number of carbonyl (C=O) groups is 2. The third-order valence-corrected chi connectivity index (χ3v) is 1.74. The number of aliphatic carboxylic acids is 1. The molecule has 0 fully saturated rings. The monoisotopic (exact) mass is 185 g/mol. The van der Waals surface area contributed by atoms with E-state index in [1.165, 1.54) is 7.55 Å². The minimum atomic E-state index is -1.49. The van der Waals surface area contributed by atoms with Gasteiger partial charge >= 0.3 is 19.4 Å². The van der Waals surface area contributed by atoms with Crippen LogP contribution in [0.4, 0.5) is 0 Å². The van der Waals surface area contributed by atoms with Crippen LogP contribution in [0.5, 0.6) is 0 Å². The lowest BCUT2D eigenvalue weighted by atomic mass is 9.96. The van der Waals surface area contributed by atoms with Crippen LogP contribution in [-0.2, 0) is 9.59 Å². The van der Waals surface area contributed by atoms with Gasteiger partial charge in [-0.1, -0.05) is 6.92 Å². The van der Waals surface area contributed by atoms with Crippen molar-refractivity contribution >= 4 is 19.4 Å². The fourth-order valence-corrected chi connectivity index (χ4v) is 0.461. The van der Waals surface area contributed by atoms with E-state index in [0.717, 1.165) is 6.42 Å². The molecular weight excluding hydrogens is 171 g/mol. The van der Waals surface area contributed by atoms with E-state index in [2.05, 4.69) is 10.5 Å². The lowest BCUT2D eigenvalue weighted by Crippen LogP contribution is -2.49. The number of nitrogens with one attached hydrogen (secondary N) is 2. The first kappa shape index (κ1) is 12.0. The highest BCUT2D eigenvalue weighted by Gasteiger charge is 2.16. The van der Waals surface area contributed by atoms with Crippen LogP contribution in [0.15, 0.2) is 0 Å². The van der Waals surface area contributed by atoms with Crippen molar-refractivity contribution in [2.75, 3.05) is 0 Å². The van der Waals surface area contributed by atoms with Crippen LogP contribution in [0, 0.1) is 0 Å². The highest BCUT2D eigenvalue weighted by atomic mass is 16.4. The second-order valence-electron chi connectivity index (χ2n) is 3.30. The number of hydrogen-bond donors (Lipinski definition) is 3. The molecule has 0 saturated carbocycles. The number of carbonyl (C=O) groups excluding carboxylic acids is 1. The number of amides is 1. The first-order valence-electron chi connectivity index (χ1n) is 4.02. The molecule has 0 aliphatic heterocycles. The Hall–Kier alpha value is -1.04. The first-order chi connectivity index (χ1) is 5.89. The summed E-state index contributed by atoms with van der Waals surface area (Å²) in [5, 5.41) is 13.2. The van der Waals surface area contributed by atoms with E-state index in [9.17, 15) is 9.59 Å². The molecule has 73 valence electrons. The molecule has 0 aromatic heterocycles. The highest BCUT2D eigenvalue weighted by Crippen LogP contribution is 2.04. The average molecular weight is 185 g/mol. The molecule has 5 nitrogen and oxygen atoms in total. The Balaban J connectivity index is 3.68. The summed E-state index contributed by atoms with van der Waals surface area (Å²) >= 11 is 0. The molecule has 0 rings (SSSR count). The summed E-state index contributed by atoms with van der Waals surface area (Å²) < 4.78 is 0. The smallest absolute Gasteiger partial charge is 0.393 e. The Morgan fingerprint density at radius 1 is 1.46 bits per heavy atom. The van der Waals surface area contributed by atoms with E-state index in [1.807, 2.05) is 20.8 Å². The molecule has 0 heterocycles. The zero-order valence-electron chi connectivity index (χ0n) is 8.05. The van der Waals surface area contributed by atoms with Crippen LogP contribution >= 0.6 is 0 Å². The van der Waals surface area contributed by atoms with Crippen LogP contribution in [-0.4, -0.2) is 30.1 Å². The molecule has 3 N–H and O–H groups in total. The zero-order valence-corrected chi connectivity index (χ0v) is 8.05. The van der Waals surface area contributed by atoms with E-state index >= 15 is 0 Å². The molecule has 1 radical (unpaired) electrons. The van der Waals surface area contributed by atoms with Crippen molar-refractivity contribution in [2.24, 2.45) is 0 Å². The van der Waals surface area contributed by atoms with Gasteiger partial charge in [-0.15, -0.1) is 0 Å². The fraction of sp³-hybridized carbons (Fsp3) is 0.714. The normalized spacial score (nSPS) is 10.7. The van der Waals surface area contributed by atoms with Crippen LogP contribution in [0.25, 0.3) is 0 Å². The summed E-state index contributed by atoms with van der Waals surface area (Å²) in [5.74, 6) is -2.54. The van der Waals surface area contributed by atoms with E-state index in [1.54, 1.807) is 0 Å². The van der Waals surface area contributed by atoms with Crippen LogP contribution < -0.4 is 10.5 Å². The van der Waals surface area contributed by atoms with Gasteiger partial charge in [-0.25, -0.2) is 4.79 Å². The largest absolute Gasteiger partial charge is 0.474 e. The van der Waals surface area contributed by atoms with Gasteiger partial charge in [0.15, 0.2) is 0 Å². The Kier molecular flexibility index (Phi) is 4.47. The SMILES string of the molecule is CCC(C)(C)N[B]NC(=O)C(=O)O. The summed E-state index contributed by atoms with van der Waals surface area (Å²) in [7, 11) is 1.25. The maximum atomic E-state index is 10.5. The van der Waals surface area contributed by atoms with Crippen molar-refractivity contribution in [3.63, 3.8) is 0 Å². The molecule has 0 atom stereocenters. The van der Waals surface area contributed by atoms with Crippen molar-refractivity contribution in [3.05, 3.63) is 0 Å². The van der Waals surface area contributed by atoms with E-state index in [0.29, 0.717) is 0 Å². The molecule has 0 unspecified atom stereocenters. The first-order valence-corrected chi connectivity index (χ1v) is 4.02. The Labute approximate surface area is 78.2 Å². The molecular formula is C7H14BN2O3. The summed E-state index contributed by atoms with van der Waals surface area (Å²) in [6.07, 6.45) is 0.868. The number of hydrogen-bond acceptors (Lipinski definition) is 3. The molecule has 0 aliphatic carbocycles. The van der Waals surface area contributed by atoms with Gasteiger partial charge in [0.25, 0.3) is 0 Å². The fourth-order valence-electron chi connectivity index (χ4n) is 0.461. The minimum absolute atomic E-state index is 0.147. The summed E-state index contributed by atoms with van der Waals surface area (Å²) in [4.78, 5) is 20.6. The van der Waals surface area contributed by atoms with Crippen molar-refractivity contribution in [3.8, 4) is 0 Å². The maximum Gasteiger partial charge on any atom is 0.393 e. The summed E-state index contributed by atoms with van der Waals surface area (Å²) in [6.45, 7) is 5.87. The molecule has 0 aromatic rings. The quantitative estimate of drug-likeness (QED) is 0.407. The van der Waals surface area contributed by atoms with Crippen molar-refractivity contribution in [1.82, 2.24) is 10.5 Å². The predicted octanol–water partition coefficient (Wildman–Crippen LogP) is -0.500. The lowest BCUT2D eigenvalue weighted by Gasteiger charge is -2.23. The standard InChI is InChI=1S/C7H14BN2O3/c1-4-7(2,3)10-8-9-5(11)6(12)13/h10H,4H2,1-3H3,(H,9,11)(H,12,13). The van der Waals surface area contributed by atoms with Crippen LogP contribution in [0.2, 0.25) is 0 Å². The van der Waals surface area contributed by atoms with Gasteiger partial charge in [0.1, 0.15) is 0 Å². The average Bonchev–Trinajstić information content (AvgIpc) is 2.04. The zero-order chi connectivity index (χ0) is 10.5. The topological polar surface area (TPSA) is 78.4 Å². The van der Waals surface area contributed by atoms with Gasteiger partial charge in [0, 0.05) is 5.54 Å². The summed E-state index contributed by atoms with van der Waals surface area (Å²) in [5.41, 5.74) is -0.147. The van der Waals surface area contributed by atoms with Crippen LogP contribution in [0.3, 0.4) is 0 Å². The molecule has 1 amide bonds. The Morgan fingerprint density at radius 3 is 2.38 bits per heavy atom. The molecule has 0 bridgehead atoms. The molecule has 0 aliphatic rings. The second kappa shape index (κ2) is 4.86. The van der Waals surface area contributed by atoms with Gasteiger partial charge in [-0.3, -0.25) is 4.79 Å². The van der Waals surface area contributed by atoms with Crippen LogP contribution in [0.1, 0.15) is 27.2 Å². The van der Waals surface area contributed by atoms with Crippen molar-refractivity contribution < 1.29 is 14.7 Å². The molecule has 13 heavy (non-hydrogen) atoms. The molecule has 0 spiro atoms. The maximum absolute atomic E-state index is 10.5. The lowest BCUT2D eigenvalue weighted by molar-refractivity contribution is -0.149. The third kappa shape index (κ3) is 5.24. The number of carboxylic acid groups (broad SMARTS) is 1. The van der Waals surface area contributed by atoms with Gasteiger partial charge in [-0.05, 0) is 20.3 Å². The van der Waals surface area contributed by atoms with E-state index in [-0.39, 0.29) is 5.54 Å². The van der Waals surface area contributed by atoms with Crippen molar-refractivity contribution in [1.29, 1.82) is 0 Å².